The third-order valence-electron chi connectivity index (χ3n) is 2.12. The van der Waals surface area contributed by atoms with Gasteiger partial charge in [-0.15, -0.1) is 11.3 Å². The van der Waals surface area contributed by atoms with Gasteiger partial charge in [-0.2, -0.15) is 0 Å². The largest absolute Gasteiger partial charge is 0.330 e. The van der Waals surface area contributed by atoms with Crippen LogP contribution in [0.2, 0.25) is 0 Å². The molecule has 0 fully saturated rings. The van der Waals surface area contributed by atoms with Crippen LogP contribution in [-0.2, 0) is 11.2 Å². The van der Waals surface area contributed by atoms with E-state index >= 15 is 0 Å². The molecule has 0 radical (unpaired) electrons. The number of hydrogen-bond donors (Lipinski definition) is 1. The van der Waals surface area contributed by atoms with Gasteiger partial charge < -0.3 is 5.73 Å². The highest BCUT2D eigenvalue weighted by atomic mass is 79.9. The van der Waals surface area contributed by atoms with Crippen molar-refractivity contribution in [2.24, 2.45) is 11.7 Å². The van der Waals surface area contributed by atoms with Gasteiger partial charge in [-0.3, -0.25) is 4.79 Å². The van der Waals surface area contributed by atoms with E-state index in [4.69, 9.17) is 5.73 Å². The Hall–Kier alpha value is -0.190. The topological polar surface area (TPSA) is 43.1 Å². The molecule has 1 unspecified atom stereocenters. The summed E-state index contributed by atoms with van der Waals surface area (Å²) in [5, 5.41) is 2.00. The predicted molar refractivity (Wildman–Crippen MR) is 63.6 cm³/mol. The second kappa shape index (κ2) is 5.63. The summed E-state index contributed by atoms with van der Waals surface area (Å²) in [4.78, 5) is 12.8. The molecule has 0 saturated carbocycles. The molecule has 1 rings (SSSR count). The summed E-state index contributed by atoms with van der Waals surface area (Å²) in [6, 6.07) is 2.00. The summed E-state index contributed by atoms with van der Waals surface area (Å²) in [5.74, 6) is 0.366. The molecular formula is C10H14BrNOS. The molecule has 2 N–H and O–H groups in total. The Labute approximate surface area is 96.6 Å². The van der Waals surface area contributed by atoms with E-state index in [0.29, 0.717) is 13.0 Å². The highest BCUT2D eigenvalue weighted by molar-refractivity contribution is 9.10. The predicted octanol–water partition coefficient (Wildman–Crippen LogP) is 2.61. The molecular weight excluding hydrogens is 262 g/mol. The van der Waals surface area contributed by atoms with Gasteiger partial charge in [0.15, 0.2) is 0 Å². The third-order valence-corrected chi connectivity index (χ3v) is 3.82. The summed E-state index contributed by atoms with van der Waals surface area (Å²) in [7, 11) is 0. The maximum absolute atomic E-state index is 11.6. The first-order valence-corrected chi connectivity index (χ1v) is 6.26. The summed E-state index contributed by atoms with van der Waals surface area (Å²) < 4.78 is 1.05. The number of ketones is 1. The van der Waals surface area contributed by atoms with Crippen molar-refractivity contribution < 1.29 is 4.79 Å². The van der Waals surface area contributed by atoms with Gasteiger partial charge in [0.1, 0.15) is 5.78 Å². The number of rotatable bonds is 5. The van der Waals surface area contributed by atoms with Crippen molar-refractivity contribution >= 4 is 33.0 Å². The first kappa shape index (κ1) is 11.9. The van der Waals surface area contributed by atoms with Crippen molar-refractivity contribution in [2.45, 2.75) is 19.8 Å². The van der Waals surface area contributed by atoms with Gasteiger partial charge in [0.05, 0.1) is 0 Å². The van der Waals surface area contributed by atoms with Crippen molar-refractivity contribution in [3.63, 3.8) is 0 Å². The van der Waals surface area contributed by atoms with E-state index in [1.807, 2.05) is 18.4 Å². The smallest absolute Gasteiger partial charge is 0.140 e. The molecule has 4 heteroatoms. The fourth-order valence-corrected chi connectivity index (χ4v) is 2.66. The van der Waals surface area contributed by atoms with Crippen LogP contribution in [-0.4, -0.2) is 12.3 Å². The van der Waals surface area contributed by atoms with E-state index < -0.39 is 0 Å². The lowest BCUT2D eigenvalue weighted by Gasteiger charge is -2.06. The van der Waals surface area contributed by atoms with Gasteiger partial charge in [0.2, 0.25) is 0 Å². The average molecular weight is 276 g/mol. The first-order chi connectivity index (χ1) is 6.63. The fourth-order valence-electron chi connectivity index (χ4n) is 1.20. The SMILES string of the molecule is CC(CCN)C(=O)Cc1cc(Br)cs1. The lowest BCUT2D eigenvalue weighted by molar-refractivity contribution is -0.121. The lowest BCUT2D eigenvalue weighted by Crippen LogP contribution is -2.16. The molecule has 1 aromatic rings. The quantitative estimate of drug-likeness (QED) is 0.898. The molecule has 1 atom stereocenters. The third kappa shape index (κ3) is 3.52. The molecule has 0 aliphatic carbocycles. The molecule has 78 valence electrons. The van der Waals surface area contributed by atoms with Gasteiger partial charge in [-0.05, 0) is 35.0 Å². The van der Waals surface area contributed by atoms with Gasteiger partial charge in [0, 0.05) is 27.1 Å². The molecule has 1 aromatic heterocycles. The van der Waals surface area contributed by atoms with E-state index in [1.54, 1.807) is 11.3 Å². The minimum absolute atomic E-state index is 0.0841. The molecule has 0 bridgehead atoms. The molecule has 0 aliphatic heterocycles. The van der Waals surface area contributed by atoms with Crippen LogP contribution in [0.1, 0.15) is 18.2 Å². The van der Waals surface area contributed by atoms with Crippen LogP contribution in [0.25, 0.3) is 0 Å². The maximum atomic E-state index is 11.6. The number of hydrogen-bond acceptors (Lipinski definition) is 3. The van der Waals surface area contributed by atoms with Crippen LogP contribution in [0.5, 0.6) is 0 Å². The van der Waals surface area contributed by atoms with Gasteiger partial charge in [0.25, 0.3) is 0 Å². The van der Waals surface area contributed by atoms with E-state index in [2.05, 4.69) is 15.9 Å². The van der Waals surface area contributed by atoms with Crippen LogP contribution in [0, 0.1) is 5.92 Å². The zero-order valence-electron chi connectivity index (χ0n) is 8.13. The Balaban J connectivity index is 2.48. The Bertz CT molecular complexity index is 311. The van der Waals surface area contributed by atoms with Crippen molar-refractivity contribution in [1.82, 2.24) is 0 Å². The molecule has 0 spiro atoms. The normalized spacial score (nSPS) is 12.8. The standard InChI is InChI=1S/C10H14BrNOS/c1-7(2-3-12)10(13)5-9-4-8(11)6-14-9/h4,6-7H,2-3,5,12H2,1H3. The number of Topliss-reactive ketones (excluding diaryl/α,β-unsaturated/α-hetero) is 1. The fraction of sp³-hybridized carbons (Fsp3) is 0.500. The van der Waals surface area contributed by atoms with Crippen molar-refractivity contribution in [3.8, 4) is 0 Å². The Morgan fingerprint density at radius 1 is 1.71 bits per heavy atom. The summed E-state index contributed by atoms with van der Waals surface area (Å²) in [6.45, 7) is 2.53. The number of carbonyl (C=O) groups excluding carboxylic acids is 1. The molecule has 1 heterocycles. The second-order valence-electron chi connectivity index (χ2n) is 3.35. The molecule has 0 amide bonds. The molecule has 0 aromatic carbocycles. The van der Waals surface area contributed by atoms with Crippen LogP contribution < -0.4 is 5.73 Å². The number of carbonyl (C=O) groups is 1. The van der Waals surface area contributed by atoms with Crippen molar-refractivity contribution in [2.75, 3.05) is 6.54 Å². The monoisotopic (exact) mass is 275 g/mol. The van der Waals surface area contributed by atoms with Gasteiger partial charge in [-0.1, -0.05) is 6.92 Å². The van der Waals surface area contributed by atoms with E-state index in [0.717, 1.165) is 15.8 Å². The highest BCUT2D eigenvalue weighted by Crippen LogP contribution is 2.21. The Morgan fingerprint density at radius 2 is 2.43 bits per heavy atom. The first-order valence-electron chi connectivity index (χ1n) is 4.59. The number of halogens is 1. The summed E-state index contributed by atoms with van der Waals surface area (Å²) in [5.41, 5.74) is 5.41. The maximum Gasteiger partial charge on any atom is 0.140 e. The van der Waals surface area contributed by atoms with Crippen LogP contribution in [0.4, 0.5) is 0 Å². The lowest BCUT2D eigenvalue weighted by atomic mass is 10.00. The minimum Gasteiger partial charge on any atom is -0.330 e. The summed E-state index contributed by atoms with van der Waals surface area (Å²) >= 11 is 4.98. The van der Waals surface area contributed by atoms with E-state index in [-0.39, 0.29) is 11.7 Å². The van der Waals surface area contributed by atoms with Crippen LogP contribution in [0.3, 0.4) is 0 Å². The zero-order chi connectivity index (χ0) is 10.6. The second-order valence-corrected chi connectivity index (χ2v) is 5.26. The van der Waals surface area contributed by atoms with Crippen LogP contribution >= 0.6 is 27.3 Å². The Kier molecular flexibility index (Phi) is 4.78. The molecule has 0 aliphatic rings. The van der Waals surface area contributed by atoms with Crippen molar-refractivity contribution in [1.29, 1.82) is 0 Å². The molecule has 14 heavy (non-hydrogen) atoms. The molecule has 2 nitrogen and oxygen atoms in total. The van der Waals surface area contributed by atoms with Gasteiger partial charge in [-0.25, -0.2) is 0 Å². The molecule has 0 saturated heterocycles. The van der Waals surface area contributed by atoms with Gasteiger partial charge >= 0.3 is 0 Å². The number of nitrogens with two attached hydrogens (primary N) is 1. The average Bonchev–Trinajstić information content (AvgIpc) is 2.51. The van der Waals surface area contributed by atoms with E-state index in [9.17, 15) is 4.79 Å². The highest BCUT2D eigenvalue weighted by Gasteiger charge is 2.13. The number of thiophene rings is 1. The Morgan fingerprint density at radius 3 is 2.93 bits per heavy atom. The minimum atomic E-state index is 0.0841. The summed E-state index contributed by atoms with van der Waals surface area (Å²) in [6.07, 6.45) is 1.32. The zero-order valence-corrected chi connectivity index (χ0v) is 10.5. The van der Waals surface area contributed by atoms with Crippen LogP contribution in [0.15, 0.2) is 15.9 Å². The van der Waals surface area contributed by atoms with E-state index in [1.165, 1.54) is 0 Å². The van der Waals surface area contributed by atoms with Crippen molar-refractivity contribution in [3.05, 3.63) is 20.8 Å².